The van der Waals surface area contributed by atoms with Crippen LogP contribution in [0.25, 0.3) is 22.4 Å². The van der Waals surface area contributed by atoms with Crippen molar-refractivity contribution in [2.75, 3.05) is 0 Å². The van der Waals surface area contributed by atoms with Gasteiger partial charge in [0.15, 0.2) is 0 Å². The van der Waals surface area contributed by atoms with Crippen molar-refractivity contribution in [3.63, 3.8) is 0 Å². The van der Waals surface area contributed by atoms with Gasteiger partial charge in [0.1, 0.15) is 5.58 Å². The van der Waals surface area contributed by atoms with Crippen LogP contribution in [-0.4, -0.2) is 10.2 Å². The number of thioether (sulfide) groups is 1. The van der Waals surface area contributed by atoms with E-state index >= 15 is 0 Å². The summed E-state index contributed by atoms with van der Waals surface area (Å²) >= 11 is 1.40. The summed E-state index contributed by atoms with van der Waals surface area (Å²) < 4.78 is 11.0. The van der Waals surface area contributed by atoms with E-state index in [0.717, 1.165) is 22.1 Å². The molecular formula is C20H16N2O3S. The van der Waals surface area contributed by atoms with Crippen LogP contribution in [0.4, 0.5) is 0 Å². The second kappa shape index (κ2) is 6.80. The molecule has 0 saturated carbocycles. The molecule has 0 unspecified atom stereocenters. The van der Waals surface area contributed by atoms with Crippen LogP contribution in [0.5, 0.6) is 0 Å². The van der Waals surface area contributed by atoms with Crippen LogP contribution >= 0.6 is 11.8 Å². The predicted molar refractivity (Wildman–Crippen MR) is 101 cm³/mol. The molecule has 0 radical (unpaired) electrons. The molecule has 0 saturated heterocycles. The normalized spacial score (nSPS) is 11.2. The lowest BCUT2D eigenvalue weighted by molar-refractivity contribution is 0.466. The Hall–Kier alpha value is -2.86. The molecule has 4 aromatic rings. The highest BCUT2D eigenvalue weighted by atomic mass is 32.2. The van der Waals surface area contributed by atoms with Crippen molar-refractivity contribution in [2.45, 2.75) is 24.8 Å². The summed E-state index contributed by atoms with van der Waals surface area (Å²) in [4.78, 5) is 11.8. The van der Waals surface area contributed by atoms with Gasteiger partial charge in [-0.2, -0.15) is 0 Å². The number of nitrogens with zero attached hydrogens (tertiary/aromatic N) is 2. The monoisotopic (exact) mass is 364 g/mol. The molecule has 4 rings (SSSR count). The fourth-order valence-electron chi connectivity index (χ4n) is 2.68. The Morgan fingerprint density at radius 3 is 2.50 bits per heavy atom. The third-order valence-corrected chi connectivity index (χ3v) is 4.91. The summed E-state index contributed by atoms with van der Waals surface area (Å²) in [6.07, 6.45) is 0. The first-order valence-corrected chi connectivity index (χ1v) is 9.14. The summed E-state index contributed by atoms with van der Waals surface area (Å²) in [6.45, 7) is 4.04. The molecule has 2 aromatic heterocycles. The second-order valence-corrected chi connectivity index (χ2v) is 7.04. The number of aromatic nitrogens is 2. The fraction of sp³-hybridized carbons (Fsp3) is 0.150. The van der Waals surface area contributed by atoms with Gasteiger partial charge in [0.2, 0.25) is 5.89 Å². The molecule has 0 N–H and O–H groups in total. The van der Waals surface area contributed by atoms with E-state index in [-0.39, 0.29) is 5.63 Å². The van der Waals surface area contributed by atoms with E-state index in [2.05, 4.69) is 10.2 Å². The van der Waals surface area contributed by atoms with Gasteiger partial charge in [0.05, 0.1) is 0 Å². The van der Waals surface area contributed by atoms with Gasteiger partial charge < -0.3 is 8.83 Å². The zero-order valence-electron chi connectivity index (χ0n) is 14.4. The SMILES string of the molecule is Cc1ccc(-c2nnc(SCc3cc(=O)oc4ccc(C)cc34)o2)cc1. The number of hydrogen-bond donors (Lipinski definition) is 0. The molecular weight excluding hydrogens is 348 g/mol. The molecule has 0 spiro atoms. The number of aryl methyl sites for hydroxylation is 2. The molecule has 6 heteroatoms. The van der Waals surface area contributed by atoms with Gasteiger partial charge in [-0.1, -0.05) is 41.1 Å². The summed E-state index contributed by atoms with van der Waals surface area (Å²) in [7, 11) is 0. The van der Waals surface area contributed by atoms with Crippen LogP contribution < -0.4 is 5.63 Å². The Morgan fingerprint density at radius 1 is 0.923 bits per heavy atom. The smallest absolute Gasteiger partial charge is 0.336 e. The van der Waals surface area contributed by atoms with Gasteiger partial charge in [0, 0.05) is 22.8 Å². The third kappa shape index (κ3) is 3.41. The molecule has 2 heterocycles. The highest BCUT2D eigenvalue weighted by Crippen LogP contribution is 2.28. The first-order valence-electron chi connectivity index (χ1n) is 8.15. The molecule has 0 fully saturated rings. The van der Waals surface area contributed by atoms with E-state index in [0.29, 0.717) is 22.4 Å². The lowest BCUT2D eigenvalue weighted by atomic mass is 10.1. The minimum absolute atomic E-state index is 0.358. The Bertz CT molecular complexity index is 1130. The molecule has 0 amide bonds. The van der Waals surface area contributed by atoms with Crippen LogP contribution in [0.2, 0.25) is 0 Å². The van der Waals surface area contributed by atoms with Gasteiger partial charge >= 0.3 is 5.63 Å². The molecule has 26 heavy (non-hydrogen) atoms. The van der Waals surface area contributed by atoms with E-state index in [1.165, 1.54) is 23.4 Å². The highest BCUT2D eigenvalue weighted by molar-refractivity contribution is 7.98. The van der Waals surface area contributed by atoms with Gasteiger partial charge in [0.25, 0.3) is 5.22 Å². The van der Waals surface area contributed by atoms with E-state index in [9.17, 15) is 4.79 Å². The fourth-order valence-corrected chi connectivity index (χ4v) is 3.44. The number of benzene rings is 2. The number of fused-ring (bicyclic) bond motifs is 1. The average molecular weight is 364 g/mol. The molecule has 0 atom stereocenters. The Balaban J connectivity index is 1.58. The van der Waals surface area contributed by atoms with Crippen molar-refractivity contribution in [1.82, 2.24) is 10.2 Å². The van der Waals surface area contributed by atoms with Crippen molar-refractivity contribution < 1.29 is 8.83 Å². The van der Waals surface area contributed by atoms with Crippen molar-refractivity contribution in [2.24, 2.45) is 0 Å². The van der Waals surface area contributed by atoms with Crippen LogP contribution in [0.3, 0.4) is 0 Å². The topological polar surface area (TPSA) is 69.1 Å². The van der Waals surface area contributed by atoms with Crippen LogP contribution in [0, 0.1) is 13.8 Å². The molecule has 130 valence electrons. The minimum Gasteiger partial charge on any atom is -0.423 e. The quantitative estimate of drug-likeness (QED) is 0.384. The van der Waals surface area contributed by atoms with Crippen LogP contribution in [0.15, 0.2) is 67.4 Å². The lowest BCUT2D eigenvalue weighted by Gasteiger charge is -2.04. The zero-order valence-corrected chi connectivity index (χ0v) is 15.2. The molecule has 2 aromatic carbocycles. The van der Waals surface area contributed by atoms with E-state index in [1.54, 1.807) is 0 Å². The molecule has 0 aliphatic rings. The maximum Gasteiger partial charge on any atom is 0.336 e. The first-order chi connectivity index (χ1) is 12.6. The summed E-state index contributed by atoms with van der Waals surface area (Å²) in [5.41, 5.74) is 4.29. The minimum atomic E-state index is -0.358. The number of rotatable bonds is 4. The van der Waals surface area contributed by atoms with Crippen molar-refractivity contribution in [1.29, 1.82) is 0 Å². The Kier molecular flexibility index (Phi) is 4.34. The van der Waals surface area contributed by atoms with E-state index in [4.69, 9.17) is 8.83 Å². The van der Waals surface area contributed by atoms with Gasteiger partial charge in [-0.05, 0) is 43.7 Å². The molecule has 0 aliphatic heterocycles. The molecule has 0 aliphatic carbocycles. The third-order valence-electron chi connectivity index (χ3n) is 4.04. The summed E-state index contributed by atoms with van der Waals surface area (Å²) in [5, 5.41) is 9.59. The average Bonchev–Trinajstić information content (AvgIpc) is 3.10. The molecule has 0 bridgehead atoms. The van der Waals surface area contributed by atoms with Crippen LogP contribution in [0.1, 0.15) is 16.7 Å². The van der Waals surface area contributed by atoms with Crippen molar-refractivity contribution >= 4 is 22.7 Å². The molecule has 5 nitrogen and oxygen atoms in total. The van der Waals surface area contributed by atoms with Crippen LogP contribution in [-0.2, 0) is 5.75 Å². The largest absolute Gasteiger partial charge is 0.423 e. The summed E-state index contributed by atoms with van der Waals surface area (Å²) in [5.74, 6) is 1.03. The maximum absolute atomic E-state index is 11.8. The zero-order chi connectivity index (χ0) is 18.1. The van der Waals surface area contributed by atoms with E-state index in [1.807, 2.05) is 56.3 Å². The van der Waals surface area contributed by atoms with Gasteiger partial charge in [-0.25, -0.2) is 4.79 Å². The first kappa shape index (κ1) is 16.6. The second-order valence-electron chi connectivity index (χ2n) is 6.12. The maximum atomic E-state index is 11.8. The predicted octanol–water partition coefficient (Wildman–Crippen LogP) is 4.75. The van der Waals surface area contributed by atoms with E-state index < -0.39 is 0 Å². The summed E-state index contributed by atoms with van der Waals surface area (Å²) in [6, 6.07) is 15.2. The Labute approximate surface area is 154 Å². The van der Waals surface area contributed by atoms with Crippen molar-refractivity contribution in [3.8, 4) is 11.5 Å². The standard InChI is InChI=1S/C20H16N2O3S/c1-12-3-6-14(7-4-12)19-21-22-20(25-19)26-11-15-10-18(23)24-17-8-5-13(2)9-16(15)17/h3-10H,11H2,1-2H3. The van der Waals surface area contributed by atoms with Crippen molar-refractivity contribution in [3.05, 3.63) is 75.6 Å². The van der Waals surface area contributed by atoms with Gasteiger partial charge in [-0.3, -0.25) is 0 Å². The Morgan fingerprint density at radius 2 is 1.69 bits per heavy atom. The lowest BCUT2D eigenvalue weighted by Crippen LogP contribution is -2.00. The van der Waals surface area contributed by atoms with Gasteiger partial charge in [-0.15, -0.1) is 10.2 Å². The number of hydrogen-bond acceptors (Lipinski definition) is 6. The highest BCUT2D eigenvalue weighted by Gasteiger charge is 2.11.